The molecule has 0 N–H and O–H groups in total. The van der Waals surface area contributed by atoms with Gasteiger partial charge >= 0.3 is 11.9 Å². The SMILES string of the molecule is CCOC(=O)c1cc(N=[N+]=[N-])cc(C(=O)OCC)c1. The lowest BCUT2D eigenvalue weighted by Crippen LogP contribution is -2.09. The van der Waals surface area contributed by atoms with E-state index in [-0.39, 0.29) is 30.0 Å². The summed E-state index contributed by atoms with van der Waals surface area (Å²) in [6, 6.07) is 4.03. The summed E-state index contributed by atoms with van der Waals surface area (Å²) in [5.74, 6) is -1.19. The summed E-state index contributed by atoms with van der Waals surface area (Å²) >= 11 is 0. The molecule has 1 rings (SSSR count). The van der Waals surface area contributed by atoms with E-state index in [1.165, 1.54) is 18.2 Å². The number of benzene rings is 1. The van der Waals surface area contributed by atoms with Crippen molar-refractivity contribution in [1.82, 2.24) is 0 Å². The first-order chi connectivity index (χ1) is 9.12. The van der Waals surface area contributed by atoms with Crippen molar-refractivity contribution in [3.05, 3.63) is 39.8 Å². The number of carbonyl (C=O) groups excluding carboxylic acids is 2. The maximum absolute atomic E-state index is 11.6. The van der Waals surface area contributed by atoms with Crippen molar-refractivity contribution in [2.45, 2.75) is 13.8 Å². The Balaban J connectivity index is 3.21. The highest BCUT2D eigenvalue weighted by molar-refractivity contribution is 5.96. The largest absolute Gasteiger partial charge is 0.462 e. The molecule has 7 heteroatoms. The van der Waals surface area contributed by atoms with Crippen LogP contribution in [0.25, 0.3) is 10.4 Å². The fourth-order valence-electron chi connectivity index (χ4n) is 1.39. The van der Waals surface area contributed by atoms with Gasteiger partial charge in [0.15, 0.2) is 0 Å². The van der Waals surface area contributed by atoms with Gasteiger partial charge in [0.2, 0.25) is 0 Å². The Morgan fingerprint density at radius 1 is 1.11 bits per heavy atom. The van der Waals surface area contributed by atoms with Crippen LogP contribution in [0.2, 0.25) is 0 Å². The Morgan fingerprint density at radius 3 is 1.95 bits per heavy atom. The van der Waals surface area contributed by atoms with Gasteiger partial charge in [0.25, 0.3) is 0 Å². The Labute approximate surface area is 109 Å². The summed E-state index contributed by atoms with van der Waals surface area (Å²) in [5, 5.41) is 3.38. The number of hydrogen-bond acceptors (Lipinski definition) is 5. The second kappa shape index (κ2) is 7.03. The normalized spacial score (nSPS) is 9.37. The molecule has 100 valence electrons. The third kappa shape index (κ3) is 4.01. The van der Waals surface area contributed by atoms with Crippen molar-refractivity contribution in [3.8, 4) is 0 Å². The van der Waals surface area contributed by atoms with Gasteiger partial charge in [-0.15, -0.1) is 0 Å². The zero-order chi connectivity index (χ0) is 14.3. The topological polar surface area (TPSA) is 101 Å². The number of hydrogen-bond donors (Lipinski definition) is 0. The molecule has 0 atom stereocenters. The minimum absolute atomic E-state index is 0.134. The van der Waals surface area contributed by atoms with Crippen LogP contribution in [0.3, 0.4) is 0 Å². The van der Waals surface area contributed by atoms with Gasteiger partial charge in [-0.05, 0) is 37.6 Å². The van der Waals surface area contributed by atoms with Crippen LogP contribution in [0.15, 0.2) is 23.3 Å². The fraction of sp³-hybridized carbons (Fsp3) is 0.333. The molecule has 0 aliphatic rings. The highest BCUT2D eigenvalue weighted by Gasteiger charge is 2.14. The molecule has 0 aliphatic heterocycles. The standard InChI is InChI=1S/C12H13N3O4/c1-3-18-11(16)8-5-9(12(17)19-4-2)7-10(6-8)14-15-13/h5-7H,3-4H2,1-2H3. The van der Waals surface area contributed by atoms with Crippen molar-refractivity contribution in [3.63, 3.8) is 0 Å². The van der Waals surface area contributed by atoms with Gasteiger partial charge in [0.1, 0.15) is 0 Å². The second-order valence-electron chi connectivity index (χ2n) is 3.40. The van der Waals surface area contributed by atoms with Crippen LogP contribution in [0.4, 0.5) is 5.69 Å². The van der Waals surface area contributed by atoms with Crippen LogP contribution in [0.1, 0.15) is 34.6 Å². The molecule has 0 bridgehead atoms. The third-order valence-corrected chi connectivity index (χ3v) is 2.10. The molecule has 0 radical (unpaired) electrons. The Kier molecular flexibility index (Phi) is 5.37. The van der Waals surface area contributed by atoms with Crippen LogP contribution in [-0.2, 0) is 9.47 Å². The molecular weight excluding hydrogens is 250 g/mol. The van der Waals surface area contributed by atoms with E-state index in [0.717, 1.165) is 0 Å². The van der Waals surface area contributed by atoms with Gasteiger partial charge in [-0.2, -0.15) is 0 Å². The maximum Gasteiger partial charge on any atom is 0.338 e. The first kappa shape index (κ1) is 14.5. The van der Waals surface area contributed by atoms with E-state index >= 15 is 0 Å². The second-order valence-corrected chi connectivity index (χ2v) is 3.40. The number of azide groups is 1. The van der Waals surface area contributed by atoms with E-state index in [9.17, 15) is 9.59 Å². The van der Waals surface area contributed by atoms with E-state index in [1.54, 1.807) is 13.8 Å². The molecule has 0 unspecified atom stereocenters. The van der Waals surface area contributed by atoms with E-state index in [0.29, 0.717) is 0 Å². The van der Waals surface area contributed by atoms with Crippen molar-refractivity contribution in [2.75, 3.05) is 13.2 Å². The van der Waals surface area contributed by atoms with E-state index in [2.05, 4.69) is 10.0 Å². The number of rotatable bonds is 5. The predicted octanol–water partition coefficient (Wildman–Crippen LogP) is 2.98. The first-order valence-electron chi connectivity index (χ1n) is 5.66. The van der Waals surface area contributed by atoms with Crippen LogP contribution in [0.5, 0.6) is 0 Å². The average molecular weight is 263 g/mol. The molecule has 0 saturated carbocycles. The van der Waals surface area contributed by atoms with Gasteiger partial charge in [0.05, 0.1) is 24.3 Å². The Hall–Kier alpha value is -2.53. The quantitative estimate of drug-likeness (QED) is 0.352. The lowest BCUT2D eigenvalue weighted by molar-refractivity contribution is 0.0525. The van der Waals surface area contributed by atoms with E-state index in [1.807, 2.05) is 0 Å². The van der Waals surface area contributed by atoms with Crippen LogP contribution in [-0.4, -0.2) is 25.2 Å². The summed E-state index contributed by atoms with van der Waals surface area (Å²) in [4.78, 5) is 25.9. The van der Waals surface area contributed by atoms with Crippen molar-refractivity contribution in [2.24, 2.45) is 5.11 Å². The molecule has 0 heterocycles. The average Bonchev–Trinajstić information content (AvgIpc) is 2.39. The highest BCUT2D eigenvalue weighted by Crippen LogP contribution is 2.19. The van der Waals surface area contributed by atoms with Gasteiger partial charge in [-0.1, -0.05) is 5.11 Å². The zero-order valence-corrected chi connectivity index (χ0v) is 10.6. The Morgan fingerprint density at radius 2 is 1.58 bits per heavy atom. The fourth-order valence-corrected chi connectivity index (χ4v) is 1.39. The number of ether oxygens (including phenoxy) is 2. The third-order valence-electron chi connectivity index (χ3n) is 2.10. The summed E-state index contributed by atoms with van der Waals surface area (Å²) in [7, 11) is 0. The molecular formula is C12H13N3O4. The van der Waals surface area contributed by atoms with Gasteiger partial charge in [-0.25, -0.2) is 9.59 Å². The van der Waals surface area contributed by atoms with Gasteiger partial charge in [0, 0.05) is 10.6 Å². The zero-order valence-electron chi connectivity index (χ0n) is 10.6. The molecule has 0 fully saturated rings. The van der Waals surface area contributed by atoms with Crippen molar-refractivity contribution >= 4 is 17.6 Å². The molecule has 0 spiro atoms. The molecule has 0 amide bonds. The van der Waals surface area contributed by atoms with E-state index in [4.69, 9.17) is 15.0 Å². The molecule has 0 saturated heterocycles. The molecule has 0 aromatic heterocycles. The van der Waals surface area contributed by atoms with Crippen molar-refractivity contribution < 1.29 is 19.1 Å². The molecule has 19 heavy (non-hydrogen) atoms. The lowest BCUT2D eigenvalue weighted by atomic mass is 10.1. The van der Waals surface area contributed by atoms with Gasteiger partial charge < -0.3 is 9.47 Å². The molecule has 1 aromatic carbocycles. The van der Waals surface area contributed by atoms with E-state index < -0.39 is 11.9 Å². The highest BCUT2D eigenvalue weighted by atomic mass is 16.5. The lowest BCUT2D eigenvalue weighted by Gasteiger charge is -2.06. The summed E-state index contributed by atoms with van der Waals surface area (Å²) in [5.41, 5.74) is 8.83. The maximum atomic E-state index is 11.6. The summed E-state index contributed by atoms with van der Waals surface area (Å²) in [6.07, 6.45) is 0. The Bertz CT molecular complexity index is 500. The smallest absolute Gasteiger partial charge is 0.338 e. The predicted molar refractivity (Wildman–Crippen MR) is 67.2 cm³/mol. The van der Waals surface area contributed by atoms with Crippen LogP contribution < -0.4 is 0 Å². The van der Waals surface area contributed by atoms with Crippen LogP contribution >= 0.6 is 0 Å². The van der Waals surface area contributed by atoms with Crippen LogP contribution in [0, 0.1) is 0 Å². The monoisotopic (exact) mass is 263 g/mol. The molecule has 0 aliphatic carbocycles. The molecule has 7 nitrogen and oxygen atoms in total. The summed E-state index contributed by atoms with van der Waals surface area (Å²) in [6.45, 7) is 3.75. The minimum Gasteiger partial charge on any atom is -0.462 e. The first-order valence-corrected chi connectivity index (χ1v) is 5.66. The number of esters is 2. The van der Waals surface area contributed by atoms with Gasteiger partial charge in [-0.3, -0.25) is 0 Å². The van der Waals surface area contributed by atoms with Crippen molar-refractivity contribution in [1.29, 1.82) is 0 Å². The number of carbonyl (C=O) groups is 2. The summed E-state index contributed by atoms with van der Waals surface area (Å²) < 4.78 is 9.66. The number of nitrogens with zero attached hydrogens (tertiary/aromatic N) is 3. The minimum atomic E-state index is -0.594. The molecule has 1 aromatic rings.